The van der Waals surface area contributed by atoms with Crippen molar-refractivity contribution in [2.24, 2.45) is 5.41 Å². The summed E-state index contributed by atoms with van der Waals surface area (Å²) in [5.41, 5.74) is 1.20. The smallest absolute Gasteiger partial charge is 0.313 e. The first-order chi connectivity index (χ1) is 16.0. The number of carbonyl (C=O) groups excluding carboxylic acids is 1. The summed E-state index contributed by atoms with van der Waals surface area (Å²) in [6.45, 7) is 4.81. The van der Waals surface area contributed by atoms with Crippen molar-refractivity contribution in [3.63, 3.8) is 0 Å². The van der Waals surface area contributed by atoms with Crippen LogP contribution in [0.15, 0.2) is 36.4 Å². The molecule has 5 heteroatoms. The van der Waals surface area contributed by atoms with Crippen LogP contribution in [0.4, 0.5) is 0 Å². The molecule has 4 nitrogen and oxygen atoms in total. The van der Waals surface area contributed by atoms with E-state index < -0.39 is 0 Å². The number of carbonyl (C=O) groups is 1. The van der Waals surface area contributed by atoms with Crippen LogP contribution in [0, 0.1) is 5.41 Å². The van der Waals surface area contributed by atoms with Gasteiger partial charge in [-0.1, -0.05) is 24.3 Å². The van der Waals surface area contributed by atoms with Crippen LogP contribution in [-0.2, 0) is 20.4 Å². The summed E-state index contributed by atoms with van der Waals surface area (Å²) in [7, 11) is 4.45. The normalized spacial score (nSPS) is 21.8. The number of fused-ring (bicyclic) bond motifs is 1. The summed E-state index contributed by atoms with van der Waals surface area (Å²) in [6.07, 6.45) is 8.04. The Bertz CT molecular complexity index is 980. The molecule has 5 rings (SSSR count). The van der Waals surface area contributed by atoms with Crippen molar-refractivity contribution in [2.75, 3.05) is 39.6 Å². The molecule has 0 bridgehead atoms. The molecule has 0 amide bonds. The lowest BCUT2D eigenvalue weighted by Gasteiger charge is -2.39. The Kier molecular flexibility index (Phi) is 6.63. The van der Waals surface area contributed by atoms with Gasteiger partial charge in [-0.3, -0.25) is 4.79 Å². The predicted octanol–water partition coefficient (Wildman–Crippen LogP) is 5.15. The third-order valence-corrected chi connectivity index (χ3v) is 11.5. The minimum absolute atomic E-state index is 0.0844. The lowest BCUT2D eigenvalue weighted by atomic mass is 9.81. The van der Waals surface area contributed by atoms with Crippen molar-refractivity contribution in [3.8, 4) is 5.75 Å². The zero-order chi connectivity index (χ0) is 23.0. The maximum Gasteiger partial charge on any atom is 0.313 e. The standard InChI is InChI=1S/C28H38NO3S/c1-20(21-4-5-23-17-24(31-3)7-6-22(23)16-21)27(30)32-18-28(12-14-29(2)15-13-28)19-33(25-8-9-25)26-10-11-26/h4-7,16-17,20,25-26H,8-15,18-19H2,1-3H3/q+1/t20-/m0/s1. The average Bonchev–Trinajstić information content (AvgIpc) is 3.75. The first-order valence-corrected chi connectivity index (χ1v) is 14.1. The van der Waals surface area contributed by atoms with E-state index in [-0.39, 0.29) is 17.3 Å². The maximum absolute atomic E-state index is 13.2. The van der Waals surface area contributed by atoms with E-state index in [4.69, 9.17) is 9.47 Å². The average molecular weight is 469 g/mol. The van der Waals surface area contributed by atoms with Crippen LogP contribution in [0.25, 0.3) is 10.8 Å². The molecular formula is C28H38NO3S+. The van der Waals surface area contributed by atoms with Gasteiger partial charge in [0.15, 0.2) is 0 Å². The third kappa shape index (κ3) is 5.35. The van der Waals surface area contributed by atoms with E-state index in [1.54, 1.807) is 7.11 Å². The monoisotopic (exact) mass is 468 g/mol. The summed E-state index contributed by atoms with van der Waals surface area (Å²) < 4.78 is 11.4. The highest BCUT2D eigenvalue weighted by molar-refractivity contribution is 7.98. The van der Waals surface area contributed by atoms with Crippen molar-refractivity contribution in [2.45, 2.75) is 61.9 Å². The lowest BCUT2D eigenvalue weighted by Crippen LogP contribution is -2.46. The van der Waals surface area contributed by atoms with Gasteiger partial charge in [0.1, 0.15) is 28.6 Å². The molecule has 1 heterocycles. The molecule has 0 N–H and O–H groups in total. The first kappa shape index (κ1) is 23.0. The number of nitrogens with zero attached hydrogens (tertiary/aromatic N) is 1. The van der Waals surface area contributed by atoms with Gasteiger partial charge < -0.3 is 14.4 Å². The van der Waals surface area contributed by atoms with Crippen molar-refractivity contribution in [3.05, 3.63) is 42.0 Å². The molecular weight excluding hydrogens is 430 g/mol. The highest BCUT2D eigenvalue weighted by Gasteiger charge is 2.54. The number of esters is 1. The van der Waals surface area contributed by atoms with Crippen LogP contribution in [-0.4, -0.2) is 61.0 Å². The van der Waals surface area contributed by atoms with Crippen LogP contribution in [0.1, 0.15) is 56.9 Å². The van der Waals surface area contributed by atoms with Crippen molar-refractivity contribution >= 4 is 27.6 Å². The van der Waals surface area contributed by atoms with Gasteiger partial charge in [-0.05, 0) is 105 Å². The van der Waals surface area contributed by atoms with E-state index in [0.717, 1.165) is 58.5 Å². The summed E-state index contributed by atoms with van der Waals surface area (Å²) >= 11 is 0. The molecule has 0 radical (unpaired) electrons. The van der Waals surface area contributed by atoms with Gasteiger partial charge in [-0.2, -0.15) is 0 Å². The van der Waals surface area contributed by atoms with E-state index in [1.165, 1.54) is 31.4 Å². The van der Waals surface area contributed by atoms with Gasteiger partial charge >= 0.3 is 5.97 Å². The summed E-state index contributed by atoms with van der Waals surface area (Å²) in [5, 5.41) is 4.19. The highest BCUT2D eigenvalue weighted by Crippen LogP contribution is 2.46. The van der Waals surface area contributed by atoms with Crippen LogP contribution < -0.4 is 4.74 Å². The highest BCUT2D eigenvalue weighted by atomic mass is 32.2. The van der Waals surface area contributed by atoms with E-state index in [0.29, 0.717) is 17.5 Å². The Morgan fingerprint density at radius 3 is 2.33 bits per heavy atom. The number of likely N-dealkylation sites (tertiary alicyclic amines) is 1. The molecule has 33 heavy (non-hydrogen) atoms. The molecule has 1 saturated heterocycles. The van der Waals surface area contributed by atoms with Gasteiger partial charge in [-0.25, -0.2) is 0 Å². The van der Waals surface area contributed by atoms with Gasteiger partial charge in [0, 0.05) is 0 Å². The van der Waals surface area contributed by atoms with Crippen LogP contribution in [0.5, 0.6) is 5.75 Å². The van der Waals surface area contributed by atoms with Gasteiger partial charge in [-0.15, -0.1) is 0 Å². The van der Waals surface area contributed by atoms with Gasteiger partial charge in [0.2, 0.25) is 0 Å². The number of hydrogen-bond donors (Lipinski definition) is 0. The van der Waals surface area contributed by atoms with Crippen LogP contribution in [0.3, 0.4) is 0 Å². The van der Waals surface area contributed by atoms with E-state index in [9.17, 15) is 4.79 Å². The van der Waals surface area contributed by atoms with E-state index in [1.807, 2.05) is 19.1 Å². The second kappa shape index (κ2) is 9.50. The number of rotatable bonds is 9. The molecule has 178 valence electrons. The SMILES string of the molecule is COc1ccc2cc([C@H](C)C(=O)OCC3(C[S+](C4CC4)C4CC4)CCN(C)CC3)ccc2c1. The summed E-state index contributed by atoms with van der Waals surface area (Å²) in [5.74, 6) is 1.79. The van der Waals surface area contributed by atoms with Crippen molar-refractivity contribution in [1.82, 2.24) is 4.90 Å². The molecule has 0 spiro atoms. The molecule has 1 atom stereocenters. The molecule has 3 aliphatic rings. The second-order valence-corrected chi connectivity index (χ2v) is 13.2. The molecule has 3 fully saturated rings. The number of hydrogen-bond acceptors (Lipinski definition) is 4. The molecule has 0 unspecified atom stereocenters. The number of methoxy groups -OCH3 is 1. The van der Waals surface area contributed by atoms with E-state index >= 15 is 0 Å². The number of ether oxygens (including phenoxy) is 2. The third-order valence-electron chi connectivity index (χ3n) is 7.87. The molecule has 2 saturated carbocycles. The maximum atomic E-state index is 13.2. The number of benzene rings is 2. The molecule has 0 aromatic heterocycles. The molecule has 2 aromatic rings. The Morgan fingerprint density at radius 2 is 1.70 bits per heavy atom. The van der Waals surface area contributed by atoms with Crippen molar-refractivity contribution < 1.29 is 14.3 Å². The minimum Gasteiger partial charge on any atom is -0.497 e. The fourth-order valence-electron chi connectivity index (χ4n) is 5.15. The Morgan fingerprint density at radius 1 is 1.06 bits per heavy atom. The second-order valence-electron chi connectivity index (χ2n) is 10.6. The quantitative estimate of drug-likeness (QED) is 0.377. The zero-order valence-electron chi connectivity index (χ0n) is 20.3. The fraction of sp³-hybridized carbons (Fsp3) is 0.607. The molecule has 2 aliphatic carbocycles. The van der Waals surface area contributed by atoms with Gasteiger partial charge in [0.25, 0.3) is 0 Å². The van der Waals surface area contributed by atoms with E-state index in [2.05, 4.69) is 36.2 Å². The number of piperidine rings is 1. The van der Waals surface area contributed by atoms with Crippen LogP contribution >= 0.6 is 0 Å². The van der Waals surface area contributed by atoms with Gasteiger partial charge in [0.05, 0.1) is 18.4 Å². The lowest BCUT2D eigenvalue weighted by molar-refractivity contribution is -0.149. The Balaban J connectivity index is 1.26. The largest absolute Gasteiger partial charge is 0.497 e. The first-order valence-electron chi connectivity index (χ1n) is 12.6. The summed E-state index contributed by atoms with van der Waals surface area (Å²) in [6, 6.07) is 12.3. The Hall–Kier alpha value is -1.72. The molecule has 1 aliphatic heterocycles. The van der Waals surface area contributed by atoms with Crippen LogP contribution in [0.2, 0.25) is 0 Å². The summed E-state index contributed by atoms with van der Waals surface area (Å²) in [4.78, 5) is 15.6. The van der Waals surface area contributed by atoms with Crippen molar-refractivity contribution in [1.29, 1.82) is 0 Å². The molecule has 2 aromatic carbocycles. The topological polar surface area (TPSA) is 38.8 Å². The Labute approximate surface area is 201 Å². The predicted molar refractivity (Wildman–Crippen MR) is 137 cm³/mol. The minimum atomic E-state index is -0.259. The zero-order valence-corrected chi connectivity index (χ0v) is 21.2. The fourth-order valence-corrected chi connectivity index (χ4v) is 8.73.